The lowest BCUT2D eigenvalue weighted by molar-refractivity contribution is -0.133. The summed E-state index contributed by atoms with van der Waals surface area (Å²) < 4.78 is 42.2. The van der Waals surface area contributed by atoms with Gasteiger partial charge in [0.15, 0.2) is 5.78 Å². The SMILES string of the molecule is CN(c1ccccc1)c1nc(N)nc(-c2noc(-c3ccc(C(=O)CCC(F)(F)F)cn3)n2)n1. The third-order valence-corrected chi connectivity index (χ3v) is 4.65. The molecular weight excluding hydrogens is 453 g/mol. The molecule has 0 aliphatic heterocycles. The Balaban J connectivity index is 1.53. The van der Waals surface area contributed by atoms with Crippen molar-refractivity contribution in [2.24, 2.45) is 0 Å². The molecule has 0 amide bonds. The van der Waals surface area contributed by atoms with Crippen LogP contribution in [-0.2, 0) is 0 Å². The number of Topliss-reactive ketones (excluding diaryl/α,β-unsaturated/α-hetero) is 1. The number of carbonyl (C=O) groups excluding carboxylic acids is 1. The summed E-state index contributed by atoms with van der Waals surface area (Å²) in [5.74, 6) is -0.355. The number of aromatic nitrogens is 6. The number of hydrogen-bond donors (Lipinski definition) is 1. The van der Waals surface area contributed by atoms with E-state index in [1.807, 2.05) is 30.3 Å². The van der Waals surface area contributed by atoms with Crippen LogP contribution in [0.2, 0.25) is 0 Å². The van der Waals surface area contributed by atoms with E-state index in [4.69, 9.17) is 10.3 Å². The summed E-state index contributed by atoms with van der Waals surface area (Å²) in [6, 6.07) is 12.1. The minimum Gasteiger partial charge on any atom is -0.368 e. The number of nitrogen functional groups attached to an aromatic ring is 1. The highest BCUT2D eigenvalue weighted by atomic mass is 19.4. The third kappa shape index (κ3) is 5.31. The molecule has 10 nitrogen and oxygen atoms in total. The molecule has 4 rings (SSSR count). The Morgan fingerprint density at radius 1 is 1.03 bits per heavy atom. The van der Waals surface area contributed by atoms with E-state index >= 15 is 0 Å². The molecule has 13 heteroatoms. The van der Waals surface area contributed by atoms with Gasteiger partial charge in [-0.3, -0.25) is 9.78 Å². The number of para-hydroxylation sites is 1. The first-order valence-electron chi connectivity index (χ1n) is 9.90. The first-order chi connectivity index (χ1) is 16.2. The molecule has 0 saturated carbocycles. The number of hydrogen-bond acceptors (Lipinski definition) is 10. The van der Waals surface area contributed by atoms with E-state index in [0.717, 1.165) is 11.9 Å². The van der Waals surface area contributed by atoms with Gasteiger partial charge >= 0.3 is 6.18 Å². The van der Waals surface area contributed by atoms with Crippen molar-refractivity contribution in [2.45, 2.75) is 19.0 Å². The molecule has 2 N–H and O–H groups in total. The van der Waals surface area contributed by atoms with Crippen molar-refractivity contribution in [3.63, 3.8) is 0 Å². The Labute approximate surface area is 190 Å². The zero-order valence-electron chi connectivity index (χ0n) is 17.7. The number of pyridine rings is 1. The Hall–Kier alpha value is -4.42. The fraction of sp³-hybridized carbons (Fsp3) is 0.190. The van der Waals surface area contributed by atoms with Gasteiger partial charge in [-0.1, -0.05) is 23.4 Å². The quantitative estimate of drug-likeness (QED) is 0.396. The van der Waals surface area contributed by atoms with Crippen molar-refractivity contribution in [1.82, 2.24) is 30.1 Å². The van der Waals surface area contributed by atoms with Crippen LogP contribution in [0.4, 0.5) is 30.8 Å². The molecule has 0 atom stereocenters. The Kier molecular flexibility index (Phi) is 6.17. The second-order valence-electron chi connectivity index (χ2n) is 7.11. The Morgan fingerprint density at radius 3 is 2.47 bits per heavy atom. The molecule has 0 fully saturated rings. The predicted octanol–water partition coefficient (Wildman–Crippen LogP) is 3.86. The van der Waals surface area contributed by atoms with Gasteiger partial charge in [0.1, 0.15) is 5.69 Å². The van der Waals surface area contributed by atoms with E-state index in [9.17, 15) is 18.0 Å². The fourth-order valence-corrected chi connectivity index (χ4v) is 2.90. The summed E-state index contributed by atoms with van der Waals surface area (Å²) in [6.45, 7) is 0. The summed E-state index contributed by atoms with van der Waals surface area (Å²) in [5.41, 5.74) is 6.92. The Morgan fingerprint density at radius 2 is 1.79 bits per heavy atom. The molecule has 1 aromatic carbocycles. The van der Waals surface area contributed by atoms with Gasteiger partial charge in [0, 0.05) is 30.9 Å². The van der Waals surface area contributed by atoms with Gasteiger partial charge in [0.05, 0.1) is 6.42 Å². The van der Waals surface area contributed by atoms with Crippen LogP contribution in [-0.4, -0.2) is 49.1 Å². The van der Waals surface area contributed by atoms with Crippen LogP contribution < -0.4 is 10.6 Å². The molecule has 0 radical (unpaired) electrons. The van der Waals surface area contributed by atoms with Crippen LogP contribution in [0.5, 0.6) is 0 Å². The fourth-order valence-electron chi connectivity index (χ4n) is 2.90. The summed E-state index contributed by atoms with van der Waals surface area (Å²) in [4.78, 5) is 34.4. The first kappa shape index (κ1) is 22.8. The second-order valence-corrected chi connectivity index (χ2v) is 7.11. The van der Waals surface area contributed by atoms with Gasteiger partial charge in [-0.15, -0.1) is 0 Å². The molecule has 0 unspecified atom stereocenters. The largest absolute Gasteiger partial charge is 0.389 e. The summed E-state index contributed by atoms with van der Waals surface area (Å²) in [5, 5.41) is 3.85. The molecule has 0 aliphatic rings. The maximum Gasteiger partial charge on any atom is 0.389 e. The standard InChI is InChI=1S/C21H17F3N8O2/c1-32(13-5-3-2-4-6-13)20-29-16(28-19(25)30-20)17-27-18(34-31-17)14-8-7-12(11-26-14)15(33)9-10-21(22,23)24/h2-8,11H,9-10H2,1H3,(H2,25,28,29,30). The van der Waals surface area contributed by atoms with Gasteiger partial charge < -0.3 is 15.2 Å². The van der Waals surface area contributed by atoms with Crippen LogP contribution in [0.3, 0.4) is 0 Å². The van der Waals surface area contributed by atoms with Gasteiger partial charge in [-0.05, 0) is 24.3 Å². The number of halogens is 3. The second kappa shape index (κ2) is 9.21. The minimum atomic E-state index is -4.41. The topological polar surface area (TPSA) is 137 Å². The minimum absolute atomic E-state index is 0.00115. The average Bonchev–Trinajstić information content (AvgIpc) is 3.32. The highest BCUT2D eigenvalue weighted by Gasteiger charge is 2.28. The van der Waals surface area contributed by atoms with E-state index in [1.165, 1.54) is 12.1 Å². The summed E-state index contributed by atoms with van der Waals surface area (Å²) in [7, 11) is 1.76. The van der Waals surface area contributed by atoms with Crippen molar-refractivity contribution in [1.29, 1.82) is 0 Å². The number of carbonyl (C=O) groups is 1. The van der Waals surface area contributed by atoms with Gasteiger partial charge in [-0.25, -0.2) is 0 Å². The maximum atomic E-state index is 12.3. The van der Waals surface area contributed by atoms with E-state index in [2.05, 4.69) is 30.1 Å². The lowest BCUT2D eigenvalue weighted by Crippen LogP contribution is -2.15. The molecule has 0 aliphatic carbocycles. The smallest absolute Gasteiger partial charge is 0.368 e. The zero-order valence-corrected chi connectivity index (χ0v) is 17.7. The highest BCUT2D eigenvalue weighted by molar-refractivity contribution is 5.95. The van der Waals surface area contributed by atoms with E-state index in [1.54, 1.807) is 11.9 Å². The van der Waals surface area contributed by atoms with Gasteiger partial charge in [0.2, 0.25) is 23.5 Å². The molecule has 0 bridgehead atoms. The highest BCUT2D eigenvalue weighted by Crippen LogP contribution is 2.25. The number of nitrogens with two attached hydrogens (primary N) is 1. The number of ketones is 1. The molecule has 0 saturated heterocycles. The summed E-state index contributed by atoms with van der Waals surface area (Å²) >= 11 is 0. The maximum absolute atomic E-state index is 12.3. The van der Waals surface area contributed by atoms with Crippen LogP contribution >= 0.6 is 0 Å². The lowest BCUT2D eigenvalue weighted by Gasteiger charge is -2.17. The monoisotopic (exact) mass is 470 g/mol. The number of rotatable bonds is 7. The van der Waals surface area contributed by atoms with Crippen molar-refractivity contribution < 1.29 is 22.5 Å². The normalized spacial score (nSPS) is 11.4. The number of benzene rings is 1. The van der Waals surface area contributed by atoms with E-state index < -0.39 is 24.8 Å². The van der Waals surface area contributed by atoms with Crippen molar-refractivity contribution in [3.05, 3.63) is 54.2 Å². The van der Waals surface area contributed by atoms with Crippen LogP contribution in [0, 0.1) is 0 Å². The van der Waals surface area contributed by atoms with Gasteiger partial charge in [0.25, 0.3) is 5.89 Å². The Bertz CT molecular complexity index is 1290. The van der Waals surface area contributed by atoms with Crippen LogP contribution in [0.25, 0.3) is 23.2 Å². The zero-order chi connectivity index (χ0) is 24.3. The first-order valence-corrected chi connectivity index (χ1v) is 9.90. The van der Waals surface area contributed by atoms with Crippen molar-refractivity contribution in [2.75, 3.05) is 17.7 Å². The van der Waals surface area contributed by atoms with E-state index in [-0.39, 0.29) is 40.7 Å². The van der Waals surface area contributed by atoms with Crippen molar-refractivity contribution >= 4 is 23.4 Å². The number of nitrogens with zero attached hydrogens (tertiary/aromatic N) is 7. The number of alkyl halides is 3. The predicted molar refractivity (Wildman–Crippen MR) is 115 cm³/mol. The summed E-state index contributed by atoms with van der Waals surface area (Å²) in [6.07, 6.45) is -5.10. The molecule has 0 spiro atoms. The van der Waals surface area contributed by atoms with Gasteiger partial charge in [-0.2, -0.15) is 33.1 Å². The average molecular weight is 470 g/mol. The van der Waals surface area contributed by atoms with Crippen LogP contribution in [0.1, 0.15) is 23.2 Å². The lowest BCUT2D eigenvalue weighted by atomic mass is 10.1. The van der Waals surface area contributed by atoms with E-state index in [0.29, 0.717) is 0 Å². The molecular formula is C21H17F3N8O2. The molecule has 34 heavy (non-hydrogen) atoms. The third-order valence-electron chi connectivity index (χ3n) is 4.65. The molecule has 3 heterocycles. The molecule has 4 aromatic rings. The molecule has 3 aromatic heterocycles. The van der Waals surface area contributed by atoms with Crippen molar-refractivity contribution in [3.8, 4) is 23.2 Å². The molecule has 174 valence electrons. The number of anilines is 3. The van der Waals surface area contributed by atoms with Crippen LogP contribution in [0.15, 0.2) is 53.2 Å².